The number of aromatic nitrogens is 1. The van der Waals surface area contributed by atoms with E-state index in [1.54, 1.807) is 4.90 Å². The van der Waals surface area contributed by atoms with E-state index in [1.807, 2.05) is 0 Å². The zero-order chi connectivity index (χ0) is 21.3. The molecular weight excluding hydrogens is 403 g/mol. The molecule has 30 heavy (non-hydrogen) atoms. The zero-order valence-electron chi connectivity index (χ0n) is 15.5. The highest BCUT2D eigenvalue weighted by Gasteiger charge is 2.55. The van der Waals surface area contributed by atoms with Gasteiger partial charge in [-0.1, -0.05) is 0 Å². The van der Waals surface area contributed by atoms with E-state index in [0.717, 1.165) is 12.8 Å². The second-order valence-corrected chi connectivity index (χ2v) is 7.92. The molecule has 1 aliphatic carbocycles. The van der Waals surface area contributed by atoms with Gasteiger partial charge in [-0.25, -0.2) is 13.2 Å². The van der Waals surface area contributed by atoms with Crippen LogP contribution in [-0.4, -0.2) is 38.5 Å². The van der Waals surface area contributed by atoms with Crippen LogP contribution in [0.4, 0.5) is 13.2 Å². The first-order valence-corrected chi connectivity index (χ1v) is 9.47. The van der Waals surface area contributed by atoms with Gasteiger partial charge in [-0.05, 0) is 18.8 Å². The van der Waals surface area contributed by atoms with Crippen LogP contribution in [0, 0.1) is 23.4 Å². The predicted octanol–water partition coefficient (Wildman–Crippen LogP) is 1.52. The molecule has 0 radical (unpaired) electrons. The summed E-state index contributed by atoms with van der Waals surface area (Å²) < 4.78 is 41.9. The number of fused-ring (bicyclic) bond motifs is 1. The fraction of sp³-hybridized carbons (Fsp3) is 0.350. The van der Waals surface area contributed by atoms with Crippen molar-refractivity contribution >= 4 is 11.8 Å². The number of rotatable bonds is 3. The van der Waals surface area contributed by atoms with E-state index >= 15 is 0 Å². The maximum Gasteiger partial charge on any atom is 0.275 e. The minimum atomic E-state index is -1.18. The Morgan fingerprint density at radius 2 is 1.83 bits per heavy atom. The molecule has 1 aromatic heterocycles. The summed E-state index contributed by atoms with van der Waals surface area (Å²) >= 11 is 0. The van der Waals surface area contributed by atoms with Crippen molar-refractivity contribution in [3.63, 3.8) is 0 Å². The molecule has 1 aromatic carbocycles. The average Bonchev–Trinajstić information content (AvgIpc) is 3.18. The third-order valence-corrected chi connectivity index (χ3v) is 6.30. The Morgan fingerprint density at radius 1 is 1.17 bits per heavy atom. The van der Waals surface area contributed by atoms with Gasteiger partial charge >= 0.3 is 0 Å². The number of amides is 2. The van der Waals surface area contributed by atoms with Gasteiger partial charge in [0.25, 0.3) is 11.8 Å². The Kier molecular flexibility index (Phi) is 3.96. The summed E-state index contributed by atoms with van der Waals surface area (Å²) in [5.74, 6) is -5.33. The normalized spacial score (nSPS) is 23.6. The van der Waals surface area contributed by atoms with E-state index in [9.17, 15) is 32.7 Å². The summed E-state index contributed by atoms with van der Waals surface area (Å²) in [4.78, 5) is 39.5. The molecule has 10 heteroatoms. The quantitative estimate of drug-likeness (QED) is 0.789. The number of hydrogen-bond acceptors (Lipinski definition) is 4. The summed E-state index contributed by atoms with van der Waals surface area (Å²) in [6.07, 6.45) is 2.96. The van der Waals surface area contributed by atoms with Crippen molar-refractivity contribution in [2.75, 3.05) is 0 Å². The molecule has 2 aromatic rings. The van der Waals surface area contributed by atoms with Gasteiger partial charge in [0.05, 0.1) is 6.04 Å². The van der Waals surface area contributed by atoms with Crippen molar-refractivity contribution in [2.24, 2.45) is 5.92 Å². The molecule has 6 rings (SSSR count). The molecule has 3 aliphatic heterocycles. The molecular formula is C20H16F3N3O4. The molecule has 4 aliphatic rings. The van der Waals surface area contributed by atoms with Crippen LogP contribution in [0.2, 0.25) is 0 Å². The van der Waals surface area contributed by atoms with Crippen molar-refractivity contribution in [2.45, 2.75) is 38.0 Å². The first kappa shape index (κ1) is 18.7. The minimum absolute atomic E-state index is 0.0461. The van der Waals surface area contributed by atoms with Crippen LogP contribution in [0.25, 0.3) is 0 Å². The first-order valence-electron chi connectivity index (χ1n) is 9.47. The molecule has 156 valence electrons. The summed E-state index contributed by atoms with van der Waals surface area (Å²) in [5.41, 5.74) is -2.22. The smallest absolute Gasteiger partial charge is 0.275 e. The molecule has 7 nitrogen and oxygen atoms in total. The largest absolute Gasteiger partial charge is 0.503 e. The van der Waals surface area contributed by atoms with Gasteiger partial charge < -0.3 is 19.9 Å². The van der Waals surface area contributed by atoms with Crippen molar-refractivity contribution in [1.82, 2.24) is 14.8 Å². The number of pyridine rings is 1. The number of benzene rings is 1. The molecule has 4 heterocycles. The van der Waals surface area contributed by atoms with Crippen molar-refractivity contribution in [3.8, 4) is 5.75 Å². The maximum atomic E-state index is 13.8. The molecule has 1 saturated carbocycles. The van der Waals surface area contributed by atoms with Crippen LogP contribution >= 0.6 is 0 Å². The lowest BCUT2D eigenvalue weighted by atomic mass is 9.83. The number of halogens is 3. The van der Waals surface area contributed by atoms with Crippen LogP contribution in [0.5, 0.6) is 5.75 Å². The fourth-order valence-corrected chi connectivity index (χ4v) is 4.73. The fourth-order valence-electron chi connectivity index (χ4n) is 4.73. The molecule has 1 atom stereocenters. The lowest BCUT2D eigenvalue weighted by Crippen LogP contribution is -2.46. The van der Waals surface area contributed by atoms with Crippen LogP contribution in [0.15, 0.2) is 23.1 Å². The number of carbonyl (C=O) groups excluding carboxylic acids is 2. The van der Waals surface area contributed by atoms with Gasteiger partial charge in [0, 0.05) is 43.0 Å². The Hall–Kier alpha value is -3.30. The van der Waals surface area contributed by atoms with Gasteiger partial charge in [0.15, 0.2) is 11.4 Å². The predicted molar refractivity (Wildman–Crippen MR) is 96.3 cm³/mol. The Morgan fingerprint density at radius 3 is 2.50 bits per heavy atom. The van der Waals surface area contributed by atoms with Crippen molar-refractivity contribution in [3.05, 3.63) is 62.8 Å². The van der Waals surface area contributed by atoms with Gasteiger partial charge in [-0.3, -0.25) is 14.4 Å². The highest BCUT2D eigenvalue weighted by molar-refractivity contribution is 5.99. The Labute approximate surface area is 167 Å². The summed E-state index contributed by atoms with van der Waals surface area (Å²) in [6.45, 7) is -0.282. The first-order chi connectivity index (χ1) is 14.3. The van der Waals surface area contributed by atoms with E-state index in [1.165, 1.54) is 10.8 Å². The topological polar surface area (TPSA) is 91.6 Å². The summed E-state index contributed by atoms with van der Waals surface area (Å²) in [6, 6.07) is 1.04. The molecule has 2 N–H and O–H groups in total. The number of aromatic hydroxyl groups is 1. The average molecular weight is 419 g/mol. The molecule has 3 fully saturated rings. The molecule has 2 amide bonds. The molecule has 0 unspecified atom stereocenters. The van der Waals surface area contributed by atoms with Crippen molar-refractivity contribution in [1.29, 1.82) is 0 Å². The SMILES string of the molecule is O=C(NCc1c(F)cc(F)cc1F)c1cn2c(c(O)c1=O)C(=O)N1[C@H]3C[C@@H](C3)[C@H]1C2. The zero-order valence-corrected chi connectivity index (χ0v) is 15.5. The van der Waals surface area contributed by atoms with Crippen LogP contribution in [0.1, 0.15) is 39.3 Å². The summed E-state index contributed by atoms with van der Waals surface area (Å²) in [7, 11) is 0. The van der Waals surface area contributed by atoms with Crippen molar-refractivity contribution < 1.29 is 27.9 Å². The van der Waals surface area contributed by atoms with Gasteiger partial charge in [0.1, 0.15) is 23.0 Å². The third-order valence-electron chi connectivity index (χ3n) is 6.30. The molecule has 2 saturated heterocycles. The maximum absolute atomic E-state index is 13.8. The van der Waals surface area contributed by atoms with E-state index in [4.69, 9.17) is 0 Å². The number of hydrogen-bond donors (Lipinski definition) is 2. The molecule has 0 spiro atoms. The second-order valence-electron chi connectivity index (χ2n) is 7.92. The van der Waals surface area contributed by atoms with E-state index < -0.39 is 58.1 Å². The number of carbonyl (C=O) groups is 2. The van der Waals surface area contributed by atoms with Crippen LogP contribution < -0.4 is 10.7 Å². The Bertz CT molecular complexity index is 1150. The van der Waals surface area contributed by atoms with Gasteiger partial charge in [-0.2, -0.15) is 0 Å². The van der Waals surface area contributed by atoms with Crippen LogP contribution in [-0.2, 0) is 13.1 Å². The second kappa shape index (κ2) is 6.35. The van der Waals surface area contributed by atoms with E-state index in [0.29, 0.717) is 24.6 Å². The number of nitrogens with one attached hydrogen (secondary N) is 1. The lowest BCUT2D eigenvalue weighted by molar-refractivity contribution is 0.0632. The van der Waals surface area contributed by atoms with Gasteiger partial charge in [-0.15, -0.1) is 0 Å². The molecule has 2 bridgehead atoms. The lowest BCUT2D eigenvalue weighted by Gasteiger charge is -2.33. The Balaban J connectivity index is 1.44. The highest BCUT2D eigenvalue weighted by atomic mass is 19.1. The minimum Gasteiger partial charge on any atom is -0.503 e. The van der Waals surface area contributed by atoms with E-state index in [2.05, 4.69) is 5.32 Å². The monoisotopic (exact) mass is 419 g/mol. The van der Waals surface area contributed by atoms with Gasteiger partial charge in [0.2, 0.25) is 5.43 Å². The highest BCUT2D eigenvalue weighted by Crippen LogP contribution is 2.49. The van der Waals surface area contributed by atoms with Crippen LogP contribution in [0.3, 0.4) is 0 Å². The number of nitrogens with zero attached hydrogens (tertiary/aromatic N) is 2. The third kappa shape index (κ3) is 2.55. The standard InChI is InChI=1S/C20H16F3N3O4/c21-9-3-13(22)11(14(23)4-9)5-24-19(29)12-6-25-7-15-8-1-10(2-8)26(15)20(30)16(25)18(28)17(12)27/h3-4,6,8,10,15,28H,1-2,5,7H2,(H,24,29)/t8-,10-,15-/m1/s1. The summed E-state index contributed by atoms with van der Waals surface area (Å²) in [5, 5.41) is 12.5. The van der Waals surface area contributed by atoms with E-state index in [-0.39, 0.29) is 17.8 Å².